The highest BCUT2D eigenvalue weighted by atomic mass is 31.3. The molecule has 9 atom stereocenters. The SMILES string of the molecule is C[C@H]1CC(O)[C@@H](COP(=O)(O)OP(=O)(O)OP(=O)(O)OP(=O)(O)OP(=O)(O)OP(=O)(O)OCCCCCCNC(=O)CCCCCN)O1. The highest BCUT2D eigenvalue weighted by Gasteiger charge is 2.49. The third-order valence-corrected chi connectivity index (χ3v) is 14.8. The first-order valence-electron chi connectivity index (χ1n) is 14.0. The Bertz CT molecular complexity index is 1320. The van der Waals surface area contributed by atoms with E-state index in [9.17, 15) is 66.7 Å². The lowest BCUT2D eigenvalue weighted by Crippen LogP contribution is -2.26. The van der Waals surface area contributed by atoms with Gasteiger partial charge < -0.3 is 50.3 Å². The van der Waals surface area contributed by atoms with E-state index < -0.39 is 78.5 Å². The zero-order valence-corrected chi connectivity index (χ0v) is 30.8. The maximum atomic E-state index is 12.0. The van der Waals surface area contributed by atoms with Gasteiger partial charge in [-0.05, 0) is 39.2 Å². The Morgan fingerprint density at radius 2 is 1.17 bits per heavy atom. The number of amides is 1. The van der Waals surface area contributed by atoms with Crippen LogP contribution in [0.2, 0.25) is 0 Å². The number of phosphoric ester groups is 2. The van der Waals surface area contributed by atoms with Crippen molar-refractivity contribution in [1.29, 1.82) is 0 Å². The molecule has 0 aliphatic carbocycles. The fourth-order valence-corrected chi connectivity index (χ4v) is 11.5. The summed E-state index contributed by atoms with van der Waals surface area (Å²) in [6, 6.07) is 0. The van der Waals surface area contributed by atoms with Crippen LogP contribution in [-0.4, -0.2) is 85.0 Å². The lowest BCUT2D eigenvalue weighted by molar-refractivity contribution is -0.121. The molecule has 30 heteroatoms. The van der Waals surface area contributed by atoms with Crippen LogP contribution in [0.5, 0.6) is 0 Å². The number of aliphatic hydroxyl groups excluding tert-OH is 1. The van der Waals surface area contributed by atoms with Crippen LogP contribution in [0.3, 0.4) is 0 Å². The Morgan fingerprint density at radius 1 is 0.708 bits per heavy atom. The summed E-state index contributed by atoms with van der Waals surface area (Å²) >= 11 is 0. The van der Waals surface area contributed by atoms with Gasteiger partial charge in [-0.3, -0.25) is 13.8 Å². The van der Waals surface area contributed by atoms with E-state index in [1.165, 1.54) is 0 Å². The first kappa shape index (κ1) is 46.2. The molecule has 7 unspecified atom stereocenters. The average molecular weight is 824 g/mol. The molecule has 10 N–H and O–H groups in total. The van der Waals surface area contributed by atoms with E-state index in [2.05, 4.69) is 35.9 Å². The van der Waals surface area contributed by atoms with Crippen LogP contribution < -0.4 is 11.1 Å². The van der Waals surface area contributed by atoms with Gasteiger partial charge in [-0.15, -0.1) is 0 Å². The smallest absolute Gasteiger partial charge is 0.390 e. The minimum absolute atomic E-state index is 0.110. The zero-order chi connectivity index (χ0) is 36.9. The average Bonchev–Trinajstić information content (AvgIpc) is 3.19. The Hall–Kier alpha value is 0.210. The number of unbranched alkanes of at least 4 members (excludes halogenated alkanes) is 5. The summed E-state index contributed by atoms with van der Waals surface area (Å²) in [6.07, 6.45) is 1.76. The van der Waals surface area contributed by atoms with E-state index >= 15 is 0 Å². The Kier molecular flexibility index (Phi) is 19.7. The molecule has 1 rings (SSSR count). The topological polar surface area (TPSA) is 373 Å². The maximum Gasteiger partial charge on any atom is 0.490 e. The number of rotatable bonds is 26. The number of hydrogen-bond donors (Lipinski definition) is 9. The van der Waals surface area contributed by atoms with Crippen molar-refractivity contribution in [1.82, 2.24) is 5.32 Å². The molecule has 1 aliphatic heterocycles. The van der Waals surface area contributed by atoms with Gasteiger partial charge in [0, 0.05) is 19.4 Å². The summed E-state index contributed by atoms with van der Waals surface area (Å²) in [5.41, 5.74) is 5.38. The van der Waals surface area contributed by atoms with E-state index in [4.69, 9.17) is 10.5 Å². The predicted octanol–water partition coefficient (Wildman–Crippen LogP) is 2.44. The third-order valence-electron chi connectivity index (χ3n) is 5.60. The quantitative estimate of drug-likeness (QED) is 0.0446. The summed E-state index contributed by atoms with van der Waals surface area (Å²) in [4.78, 5) is 69.1. The molecule has 1 fully saturated rings. The summed E-state index contributed by atoms with van der Waals surface area (Å²) in [6.45, 7) is 1.11. The number of ether oxygens (including phenoxy) is 1. The van der Waals surface area contributed by atoms with Crippen molar-refractivity contribution in [2.24, 2.45) is 5.73 Å². The van der Waals surface area contributed by atoms with Gasteiger partial charge in [0.2, 0.25) is 5.91 Å². The molecule has 0 aromatic carbocycles. The van der Waals surface area contributed by atoms with Gasteiger partial charge >= 0.3 is 46.9 Å². The summed E-state index contributed by atoms with van der Waals surface area (Å²) in [7, 11) is -36.1. The molecule has 286 valence electrons. The molecule has 1 amide bonds. The van der Waals surface area contributed by atoms with Crippen LogP contribution in [0.4, 0.5) is 0 Å². The van der Waals surface area contributed by atoms with E-state index in [0.29, 0.717) is 38.8 Å². The number of nitrogens with two attached hydrogens (primary N) is 1. The summed E-state index contributed by atoms with van der Waals surface area (Å²) in [5, 5.41) is 12.5. The number of carbonyl (C=O) groups excluding carboxylic acids is 1. The van der Waals surface area contributed by atoms with Crippen molar-refractivity contribution in [2.45, 2.75) is 83.0 Å². The molecule has 1 aliphatic rings. The summed E-state index contributed by atoms with van der Waals surface area (Å²) < 4.78 is 104. The van der Waals surface area contributed by atoms with Gasteiger partial charge in [-0.25, -0.2) is 27.4 Å². The van der Waals surface area contributed by atoms with Crippen molar-refractivity contribution in [2.75, 3.05) is 26.3 Å². The van der Waals surface area contributed by atoms with Gasteiger partial charge in [-0.1, -0.05) is 19.3 Å². The molecule has 1 heterocycles. The normalized spacial score (nSPS) is 25.9. The van der Waals surface area contributed by atoms with Gasteiger partial charge in [-0.2, -0.15) is 21.6 Å². The van der Waals surface area contributed by atoms with Crippen LogP contribution in [0.1, 0.15) is 64.7 Å². The molecule has 0 aromatic heterocycles. The second-order valence-electron chi connectivity index (χ2n) is 10.0. The van der Waals surface area contributed by atoms with Crippen LogP contribution in [0.25, 0.3) is 0 Å². The summed E-state index contributed by atoms with van der Waals surface area (Å²) in [5.74, 6) is -0.110. The largest absolute Gasteiger partial charge is 0.490 e. The Morgan fingerprint density at radius 3 is 1.65 bits per heavy atom. The molecule has 1 saturated heterocycles. The zero-order valence-electron chi connectivity index (χ0n) is 25.4. The molecule has 48 heavy (non-hydrogen) atoms. The Labute approximate surface area is 275 Å². The number of carbonyl (C=O) groups is 1. The lowest BCUT2D eigenvalue weighted by atomic mass is 10.1. The number of hydrogen-bond acceptors (Lipinski definition) is 17. The van der Waals surface area contributed by atoms with E-state index in [0.717, 1.165) is 19.3 Å². The van der Waals surface area contributed by atoms with Gasteiger partial charge in [0.05, 0.1) is 25.4 Å². The van der Waals surface area contributed by atoms with Crippen LogP contribution >= 0.6 is 46.9 Å². The van der Waals surface area contributed by atoms with Crippen molar-refractivity contribution in [3.8, 4) is 0 Å². The van der Waals surface area contributed by atoms with Gasteiger partial charge in [0.15, 0.2) is 0 Å². The van der Waals surface area contributed by atoms with Crippen LogP contribution in [0, 0.1) is 0 Å². The Balaban J connectivity index is 2.48. The molecule has 0 saturated carbocycles. The van der Waals surface area contributed by atoms with Crippen molar-refractivity contribution in [3.05, 3.63) is 0 Å². The van der Waals surface area contributed by atoms with Gasteiger partial charge in [0.1, 0.15) is 6.10 Å². The van der Waals surface area contributed by atoms with Crippen LogP contribution in [-0.2, 0) is 67.5 Å². The van der Waals surface area contributed by atoms with Gasteiger partial charge in [0.25, 0.3) is 0 Å². The molecule has 0 bridgehead atoms. The van der Waals surface area contributed by atoms with E-state index in [1.54, 1.807) is 6.92 Å². The highest BCUT2D eigenvalue weighted by Crippen LogP contribution is 2.75. The van der Waals surface area contributed by atoms with Crippen molar-refractivity contribution < 1.29 is 102 Å². The standard InChI is InChI=1S/C18H42N2O22P6/c1-15-13-16(21)17(37-15)14-36-44(25,26)39-46(29,30)41-48(33,34)42-47(31,32)40-45(27,28)38-43(23,24)35-12-8-3-2-7-11-20-18(22)9-5-4-6-10-19/h15-17,21H,2-14,19H2,1H3,(H,20,22)(H,23,24)(H,25,26)(H,27,28)(H,29,30)(H,31,32)(H,33,34)/t15-,16?,17+/m0/s1. The van der Waals surface area contributed by atoms with Crippen LogP contribution in [0.15, 0.2) is 0 Å². The second kappa shape index (κ2) is 20.5. The first-order valence-corrected chi connectivity index (χ1v) is 23.0. The minimum atomic E-state index is -6.37. The highest BCUT2D eigenvalue weighted by molar-refractivity contribution is 7.72. The second-order valence-corrected chi connectivity index (χ2v) is 19.4. The fourth-order valence-electron chi connectivity index (χ4n) is 3.70. The molecule has 0 spiro atoms. The number of phosphoric acid groups is 6. The number of aliphatic hydroxyl groups is 1. The molecule has 24 nitrogen and oxygen atoms in total. The molecule has 0 aromatic rings. The monoisotopic (exact) mass is 824 g/mol. The van der Waals surface area contributed by atoms with E-state index in [-0.39, 0.29) is 18.7 Å². The fraction of sp³-hybridized carbons (Fsp3) is 0.944. The third kappa shape index (κ3) is 21.5. The molecular formula is C18H42N2O22P6. The number of nitrogens with one attached hydrogen (secondary N) is 1. The predicted molar refractivity (Wildman–Crippen MR) is 160 cm³/mol. The first-order chi connectivity index (χ1) is 21.9. The maximum absolute atomic E-state index is 12.0. The lowest BCUT2D eigenvalue weighted by Gasteiger charge is -2.21. The minimum Gasteiger partial charge on any atom is -0.390 e. The van der Waals surface area contributed by atoms with Crippen molar-refractivity contribution in [3.63, 3.8) is 0 Å². The van der Waals surface area contributed by atoms with E-state index in [1.807, 2.05) is 0 Å². The molecular weight excluding hydrogens is 782 g/mol. The molecule has 0 radical (unpaired) electrons. The van der Waals surface area contributed by atoms with Crippen molar-refractivity contribution >= 4 is 52.8 Å².